The summed E-state index contributed by atoms with van der Waals surface area (Å²) in [5, 5.41) is 16.0. The predicted octanol–water partition coefficient (Wildman–Crippen LogP) is 4.08. The molecule has 6 nitrogen and oxygen atoms in total. The zero-order chi connectivity index (χ0) is 21.4. The van der Waals surface area contributed by atoms with E-state index in [9.17, 15) is 14.5 Å². The monoisotopic (exact) mass is 486 g/mol. The minimum absolute atomic E-state index is 0.0378. The molecule has 0 amide bonds. The summed E-state index contributed by atoms with van der Waals surface area (Å²) in [6.07, 6.45) is 7.17. The van der Waals surface area contributed by atoms with Crippen molar-refractivity contribution in [1.29, 1.82) is 0 Å². The first-order valence-electron chi connectivity index (χ1n) is 8.99. The number of hydrogen-bond donors (Lipinski definition) is 0. The number of halogens is 2. The molecule has 9 heteroatoms. The van der Waals surface area contributed by atoms with Crippen molar-refractivity contribution in [3.8, 4) is 11.1 Å². The van der Waals surface area contributed by atoms with E-state index < -0.39 is 10.4 Å². The molecule has 0 fully saturated rings. The number of aryl methyl sites for hydroxylation is 1. The molecule has 3 aromatic rings. The standard InChI is InChI=1S/C21H17AsClFN4O2/c1-26-12-16(11-25-26)14-4-7-18(19(8-14)28(29)30)27-20(22)9-15(10-21(27)23)13-2-5-17(24)6-3-13/h2-12,21H,22H2,1H3. The van der Waals surface area contributed by atoms with Crippen molar-refractivity contribution in [2.24, 2.45) is 7.05 Å². The van der Waals surface area contributed by atoms with Gasteiger partial charge < -0.3 is 0 Å². The number of alkyl halides is 1. The molecule has 2 aromatic carbocycles. The number of anilines is 1. The number of allylic oxidation sites excluding steroid dienone is 2. The molecule has 0 radical (unpaired) electrons. The zero-order valence-corrected chi connectivity index (χ0v) is 19.0. The van der Waals surface area contributed by atoms with Crippen LogP contribution in [0.5, 0.6) is 0 Å². The number of rotatable bonds is 4. The molecule has 152 valence electrons. The fraction of sp³-hybridized carbons (Fsp3) is 0.0952. The third-order valence-electron chi connectivity index (χ3n) is 4.79. The van der Waals surface area contributed by atoms with Crippen LogP contribution in [0.3, 0.4) is 0 Å². The van der Waals surface area contributed by atoms with Crippen LogP contribution in [0.25, 0.3) is 16.7 Å². The Bertz CT molecular complexity index is 1190. The van der Waals surface area contributed by atoms with E-state index in [1.165, 1.54) is 35.1 Å². The molecule has 1 aliphatic heterocycles. The van der Waals surface area contributed by atoms with Crippen LogP contribution in [0.4, 0.5) is 15.8 Å². The first kappa shape index (κ1) is 20.4. The first-order valence-corrected chi connectivity index (χ1v) is 10.6. The molecule has 0 bridgehead atoms. The molecule has 0 saturated heterocycles. The fourth-order valence-corrected chi connectivity index (χ4v) is 4.92. The molecule has 0 aliphatic carbocycles. The van der Waals surface area contributed by atoms with E-state index in [1.54, 1.807) is 53.3 Å². The predicted molar refractivity (Wildman–Crippen MR) is 118 cm³/mol. The molecule has 1 aliphatic rings. The Labute approximate surface area is 185 Å². The van der Waals surface area contributed by atoms with E-state index in [0.29, 0.717) is 11.3 Å². The number of nitro groups is 1. The van der Waals surface area contributed by atoms with Gasteiger partial charge in [0.25, 0.3) is 0 Å². The molecule has 0 spiro atoms. The summed E-state index contributed by atoms with van der Waals surface area (Å²) in [5.74, 6) is -0.312. The summed E-state index contributed by atoms with van der Waals surface area (Å²) in [5.41, 5.74) is 2.93. The SMILES string of the molecule is Cn1cc(-c2ccc(N3C([AsH2])=CC(c4ccc(F)cc4)=CC3Cl)c([N+](=O)[O-])c2)cn1. The quantitative estimate of drug-likeness (QED) is 0.183. The van der Waals surface area contributed by atoms with Gasteiger partial charge in [0.2, 0.25) is 0 Å². The summed E-state index contributed by atoms with van der Waals surface area (Å²) in [7, 11) is 1.79. The maximum absolute atomic E-state index is 13.2. The van der Waals surface area contributed by atoms with E-state index in [1.807, 2.05) is 12.1 Å². The number of nitrogens with zero attached hydrogens (tertiary/aromatic N) is 4. The Hall–Kier alpha value is -2.89. The summed E-state index contributed by atoms with van der Waals surface area (Å²) in [4.78, 5) is 13.2. The minimum atomic E-state index is -0.625. The second kappa shape index (κ2) is 8.09. The molecule has 0 N–H and O–H groups in total. The van der Waals surface area contributed by atoms with Crippen molar-refractivity contribution >= 4 is 45.4 Å². The van der Waals surface area contributed by atoms with Crippen molar-refractivity contribution in [3.63, 3.8) is 0 Å². The molecule has 30 heavy (non-hydrogen) atoms. The molecule has 4 rings (SSSR count). The van der Waals surface area contributed by atoms with E-state index in [2.05, 4.69) is 5.10 Å². The zero-order valence-electron chi connectivity index (χ0n) is 15.9. The average molecular weight is 487 g/mol. The Kier molecular flexibility index (Phi) is 5.50. The Morgan fingerprint density at radius 3 is 2.47 bits per heavy atom. The van der Waals surface area contributed by atoms with Gasteiger partial charge in [0.1, 0.15) is 0 Å². The number of hydrogen-bond acceptors (Lipinski definition) is 4. The van der Waals surface area contributed by atoms with E-state index >= 15 is 0 Å². The van der Waals surface area contributed by atoms with Gasteiger partial charge in [-0.1, -0.05) is 0 Å². The van der Waals surface area contributed by atoms with Crippen LogP contribution in [0.2, 0.25) is 0 Å². The van der Waals surface area contributed by atoms with Gasteiger partial charge in [0, 0.05) is 0 Å². The Balaban J connectivity index is 1.72. The summed E-state index contributed by atoms with van der Waals surface area (Å²) in [6.45, 7) is 0. The van der Waals surface area contributed by atoms with Crippen LogP contribution < -0.4 is 4.90 Å². The van der Waals surface area contributed by atoms with Gasteiger partial charge in [-0.2, -0.15) is 0 Å². The molecule has 2 unspecified atom stereocenters. The van der Waals surface area contributed by atoms with Gasteiger partial charge in [-0.3, -0.25) is 0 Å². The van der Waals surface area contributed by atoms with Gasteiger partial charge in [-0.05, 0) is 0 Å². The van der Waals surface area contributed by atoms with E-state index in [0.717, 1.165) is 21.2 Å². The van der Waals surface area contributed by atoms with Crippen LogP contribution in [0.1, 0.15) is 5.56 Å². The van der Waals surface area contributed by atoms with Crippen LogP contribution in [0.15, 0.2) is 71.5 Å². The second-order valence-electron chi connectivity index (χ2n) is 6.80. The molecule has 1 aromatic heterocycles. The van der Waals surface area contributed by atoms with Crippen molar-refractivity contribution in [2.45, 2.75) is 5.50 Å². The van der Waals surface area contributed by atoms with Crippen molar-refractivity contribution < 1.29 is 9.31 Å². The van der Waals surface area contributed by atoms with Gasteiger partial charge in [-0.25, -0.2) is 0 Å². The number of aromatic nitrogens is 2. The van der Waals surface area contributed by atoms with Gasteiger partial charge >= 0.3 is 186 Å². The summed E-state index contributed by atoms with van der Waals surface area (Å²) < 4.78 is 15.7. The van der Waals surface area contributed by atoms with E-state index in [4.69, 9.17) is 11.6 Å². The normalized spacial score (nSPS) is 16.3. The third-order valence-corrected chi connectivity index (χ3v) is 6.05. The van der Waals surface area contributed by atoms with Crippen LogP contribution in [0, 0.1) is 15.9 Å². The molecule has 2 atom stereocenters. The van der Waals surface area contributed by atoms with Crippen molar-refractivity contribution in [3.05, 3.63) is 93.0 Å². The first-order chi connectivity index (χ1) is 14.3. The Morgan fingerprint density at radius 2 is 1.87 bits per heavy atom. The van der Waals surface area contributed by atoms with Crippen LogP contribution in [-0.4, -0.2) is 37.1 Å². The second-order valence-corrected chi connectivity index (χ2v) is 8.49. The number of nitro benzene ring substituents is 1. The van der Waals surface area contributed by atoms with Gasteiger partial charge in [-0.15, -0.1) is 0 Å². The van der Waals surface area contributed by atoms with Gasteiger partial charge in [0.05, 0.1) is 0 Å². The molecular weight excluding hydrogens is 470 g/mol. The summed E-state index contributed by atoms with van der Waals surface area (Å²) >= 11 is 7.92. The van der Waals surface area contributed by atoms with Crippen LogP contribution >= 0.6 is 11.6 Å². The maximum atomic E-state index is 13.2. The molecule has 2 heterocycles. The Morgan fingerprint density at radius 1 is 1.17 bits per heavy atom. The van der Waals surface area contributed by atoms with Crippen molar-refractivity contribution in [1.82, 2.24) is 9.78 Å². The fourth-order valence-electron chi connectivity index (χ4n) is 3.36. The van der Waals surface area contributed by atoms with E-state index in [-0.39, 0.29) is 11.5 Å². The molecule has 0 saturated carbocycles. The number of benzene rings is 2. The molecular formula is C21H17AsClFN4O2. The van der Waals surface area contributed by atoms with Crippen molar-refractivity contribution in [2.75, 3.05) is 4.90 Å². The average Bonchev–Trinajstić information content (AvgIpc) is 3.14. The van der Waals surface area contributed by atoms with Gasteiger partial charge in [0.15, 0.2) is 0 Å². The van der Waals surface area contributed by atoms with Crippen LogP contribution in [-0.2, 0) is 7.05 Å². The summed E-state index contributed by atoms with van der Waals surface area (Å²) in [6, 6.07) is 11.2. The third kappa shape index (κ3) is 3.91. The topological polar surface area (TPSA) is 64.2 Å².